The van der Waals surface area contributed by atoms with Crippen LogP contribution >= 0.6 is 11.6 Å². The Labute approximate surface area is 99.7 Å². The highest BCUT2D eigenvalue weighted by Gasteiger charge is 2.00. The number of hydrogen-bond donors (Lipinski definition) is 0. The van der Waals surface area contributed by atoms with Gasteiger partial charge in [-0.15, -0.1) is 0 Å². The predicted molar refractivity (Wildman–Crippen MR) is 67.2 cm³/mol. The molecule has 0 saturated heterocycles. The summed E-state index contributed by atoms with van der Waals surface area (Å²) in [7, 11) is 0. The van der Waals surface area contributed by atoms with Crippen molar-refractivity contribution in [3.63, 3.8) is 0 Å². The second-order valence-electron chi connectivity index (χ2n) is 3.01. The number of halogens is 1. The lowest BCUT2D eigenvalue weighted by Crippen LogP contribution is -2.14. The van der Waals surface area contributed by atoms with Gasteiger partial charge in [-0.2, -0.15) is 0 Å². The minimum Gasteiger partial charge on any atom is -0.269 e. The third-order valence-electron chi connectivity index (χ3n) is 2.04. The zero-order chi connectivity index (χ0) is 12.1. The third kappa shape index (κ3) is 2.61. The maximum Gasteiger partial charge on any atom is 0.258 e. The van der Waals surface area contributed by atoms with E-state index in [1.54, 1.807) is 18.3 Å². The quantitative estimate of drug-likeness (QED) is 0.766. The lowest BCUT2D eigenvalue weighted by molar-refractivity contribution is 0.966. The molecule has 0 amide bonds. The van der Waals surface area contributed by atoms with Crippen molar-refractivity contribution in [3.8, 4) is 0 Å². The lowest BCUT2D eigenvalue weighted by atomic mass is 10.3. The van der Waals surface area contributed by atoms with Crippen LogP contribution in [0.5, 0.6) is 0 Å². The molecule has 2 aromatic heterocycles. The maximum atomic E-state index is 11.6. The fourth-order valence-corrected chi connectivity index (χ4v) is 1.47. The monoisotopic (exact) mass is 238 g/mol. The second kappa shape index (κ2) is 5.66. The molecule has 0 unspecified atom stereocenters. The summed E-state index contributed by atoms with van der Waals surface area (Å²) >= 11 is 5.78. The summed E-state index contributed by atoms with van der Waals surface area (Å²) < 4.78 is 1.45. The molecule has 0 saturated carbocycles. The van der Waals surface area contributed by atoms with Crippen LogP contribution in [0.4, 0.5) is 0 Å². The number of aryl methyl sites for hydroxylation is 1. The van der Waals surface area contributed by atoms with Gasteiger partial charge in [0.1, 0.15) is 5.65 Å². The number of rotatable bonds is 1. The Kier molecular flexibility index (Phi) is 4.50. The average Bonchev–Trinajstić information content (AvgIpc) is 2.32. The molecule has 0 fully saturated rings. The van der Waals surface area contributed by atoms with Gasteiger partial charge in [0.25, 0.3) is 5.56 Å². The van der Waals surface area contributed by atoms with Gasteiger partial charge in [0.05, 0.1) is 5.02 Å². The number of aromatic nitrogens is 2. The van der Waals surface area contributed by atoms with E-state index in [0.29, 0.717) is 10.7 Å². The molecule has 3 nitrogen and oxygen atoms in total. The Hall–Kier alpha value is -1.35. The summed E-state index contributed by atoms with van der Waals surface area (Å²) in [4.78, 5) is 15.9. The molecule has 86 valence electrons. The number of fused-ring (bicyclic) bond motifs is 1. The zero-order valence-electron chi connectivity index (χ0n) is 9.70. The van der Waals surface area contributed by atoms with Crippen molar-refractivity contribution < 1.29 is 0 Å². The van der Waals surface area contributed by atoms with E-state index in [4.69, 9.17) is 11.6 Å². The highest BCUT2D eigenvalue weighted by molar-refractivity contribution is 6.30. The molecule has 4 heteroatoms. The molecule has 0 atom stereocenters. The largest absolute Gasteiger partial charge is 0.269 e. The summed E-state index contributed by atoms with van der Waals surface area (Å²) in [6, 6.07) is 5.00. The van der Waals surface area contributed by atoms with Crippen molar-refractivity contribution in [1.82, 2.24) is 9.38 Å². The summed E-state index contributed by atoms with van der Waals surface area (Å²) in [5.41, 5.74) is 1.35. The van der Waals surface area contributed by atoms with Crippen LogP contribution in [-0.4, -0.2) is 9.38 Å². The van der Waals surface area contributed by atoms with Gasteiger partial charge in [0.2, 0.25) is 0 Å². The van der Waals surface area contributed by atoms with Crippen LogP contribution in [0.15, 0.2) is 29.2 Å². The predicted octanol–water partition coefficient (Wildman–Crippen LogP) is 2.94. The van der Waals surface area contributed by atoms with Gasteiger partial charge in [-0.05, 0) is 18.6 Å². The Balaban J connectivity index is 0.000000606. The van der Waals surface area contributed by atoms with E-state index in [-0.39, 0.29) is 5.56 Å². The molecule has 2 heterocycles. The standard InChI is InChI=1S/C10H9ClN2O.C2H6/c1-2-8-5-10(14)13-6-7(11)3-4-9(13)12-8;1-2/h3-6H,2H2,1H3;1-2H3. The van der Waals surface area contributed by atoms with Gasteiger partial charge in [-0.1, -0.05) is 32.4 Å². The molecule has 0 aliphatic heterocycles. The molecular weight excluding hydrogens is 224 g/mol. The Bertz CT molecular complexity index is 534. The average molecular weight is 239 g/mol. The smallest absolute Gasteiger partial charge is 0.258 e. The first-order valence-corrected chi connectivity index (χ1v) is 5.76. The SMILES string of the molecule is CC.CCc1cc(=O)n2cc(Cl)ccc2n1. The molecule has 0 bridgehead atoms. The van der Waals surface area contributed by atoms with E-state index >= 15 is 0 Å². The molecule has 0 aliphatic carbocycles. The first-order valence-electron chi connectivity index (χ1n) is 5.38. The van der Waals surface area contributed by atoms with Crippen molar-refractivity contribution in [3.05, 3.63) is 45.5 Å². The first kappa shape index (κ1) is 12.7. The van der Waals surface area contributed by atoms with E-state index in [1.807, 2.05) is 20.8 Å². The molecule has 2 aromatic rings. The minimum atomic E-state index is -0.0886. The highest BCUT2D eigenvalue weighted by Crippen LogP contribution is 2.08. The molecule has 0 radical (unpaired) electrons. The van der Waals surface area contributed by atoms with Gasteiger partial charge in [-0.25, -0.2) is 4.98 Å². The van der Waals surface area contributed by atoms with Crippen molar-refractivity contribution in [1.29, 1.82) is 0 Å². The molecule has 0 N–H and O–H groups in total. The zero-order valence-corrected chi connectivity index (χ0v) is 10.5. The van der Waals surface area contributed by atoms with Gasteiger partial charge < -0.3 is 0 Å². The van der Waals surface area contributed by atoms with E-state index in [9.17, 15) is 4.79 Å². The minimum absolute atomic E-state index is 0.0886. The maximum absolute atomic E-state index is 11.6. The Morgan fingerprint density at radius 3 is 2.69 bits per heavy atom. The fourth-order valence-electron chi connectivity index (χ4n) is 1.31. The van der Waals surface area contributed by atoms with Crippen molar-refractivity contribution >= 4 is 17.2 Å². The summed E-state index contributed by atoms with van der Waals surface area (Å²) in [5, 5.41) is 0.533. The van der Waals surface area contributed by atoms with Gasteiger partial charge in [0.15, 0.2) is 0 Å². The number of pyridine rings is 1. The van der Waals surface area contributed by atoms with Crippen LogP contribution in [0.25, 0.3) is 5.65 Å². The van der Waals surface area contributed by atoms with Crippen LogP contribution in [-0.2, 0) is 6.42 Å². The molecular formula is C12H15ClN2O. The molecule has 2 rings (SSSR count). The van der Waals surface area contributed by atoms with Crippen molar-refractivity contribution in [2.75, 3.05) is 0 Å². The van der Waals surface area contributed by atoms with Crippen LogP contribution in [0, 0.1) is 0 Å². The van der Waals surface area contributed by atoms with Crippen molar-refractivity contribution in [2.45, 2.75) is 27.2 Å². The molecule has 0 aromatic carbocycles. The highest BCUT2D eigenvalue weighted by atomic mass is 35.5. The van der Waals surface area contributed by atoms with Crippen LogP contribution in [0.1, 0.15) is 26.5 Å². The van der Waals surface area contributed by atoms with Crippen LogP contribution in [0.2, 0.25) is 5.02 Å². The number of nitrogens with zero attached hydrogens (tertiary/aromatic N) is 2. The third-order valence-corrected chi connectivity index (χ3v) is 2.26. The van der Waals surface area contributed by atoms with E-state index in [2.05, 4.69) is 4.98 Å². The lowest BCUT2D eigenvalue weighted by Gasteiger charge is -2.01. The summed E-state index contributed by atoms with van der Waals surface area (Å²) in [5.74, 6) is 0. The van der Waals surface area contributed by atoms with Gasteiger partial charge in [0, 0.05) is 18.0 Å². The Morgan fingerprint density at radius 1 is 1.38 bits per heavy atom. The fraction of sp³-hybridized carbons (Fsp3) is 0.333. The van der Waals surface area contributed by atoms with Gasteiger partial charge >= 0.3 is 0 Å². The Morgan fingerprint density at radius 2 is 2.06 bits per heavy atom. The number of hydrogen-bond acceptors (Lipinski definition) is 2. The van der Waals surface area contributed by atoms with Crippen molar-refractivity contribution in [2.24, 2.45) is 0 Å². The second-order valence-corrected chi connectivity index (χ2v) is 3.45. The van der Waals surface area contributed by atoms with E-state index in [1.165, 1.54) is 10.5 Å². The summed E-state index contributed by atoms with van der Waals surface area (Å²) in [6.07, 6.45) is 2.33. The van der Waals surface area contributed by atoms with Crippen LogP contribution < -0.4 is 5.56 Å². The topological polar surface area (TPSA) is 34.4 Å². The molecule has 16 heavy (non-hydrogen) atoms. The molecule has 0 aliphatic rings. The van der Waals surface area contributed by atoms with Gasteiger partial charge in [-0.3, -0.25) is 9.20 Å². The summed E-state index contributed by atoms with van der Waals surface area (Å²) in [6.45, 7) is 5.97. The van der Waals surface area contributed by atoms with E-state index < -0.39 is 0 Å². The first-order chi connectivity index (χ1) is 7.70. The van der Waals surface area contributed by atoms with E-state index in [0.717, 1.165) is 12.1 Å². The van der Waals surface area contributed by atoms with Crippen LogP contribution in [0.3, 0.4) is 0 Å². The normalized spacial score (nSPS) is 9.75. The molecule has 0 spiro atoms.